The van der Waals surface area contributed by atoms with Gasteiger partial charge in [0.25, 0.3) is 5.91 Å². The Balaban J connectivity index is 1.26. The summed E-state index contributed by atoms with van der Waals surface area (Å²) < 4.78 is 4.97. The molecule has 3 heterocycles. The van der Waals surface area contributed by atoms with E-state index >= 15 is 0 Å². The number of cyclic esters (lactones) is 1. The van der Waals surface area contributed by atoms with Crippen molar-refractivity contribution in [2.75, 3.05) is 49.1 Å². The average molecular weight is 405 g/mol. The number of nitrogens with zero attached hydrogens (tertiary/aromatic N) is 4. The van der Waals surface area contributed by atoms with Crippen molar-refractivity contribution in [3.8, 4) is 0 Å². The van der Waals surface area contributed by atoms with Crippen LogP contribution in [0.2, 0.25) is 0 Å². The quantitative estimate of drug-likeness (QED) is 0.725. The molecule has 3 aromatic rings. The number of aromatic nitrogens is 2. The van der Waals surface area contributed by atoms with Gasteiger partial charge in [-0.3, -0.25) is 9.69 Å². The molecule has 5 rings (SSSR count). The third-order valence-corrected chi connectivity index (χ3v) is 5.65. The highest BCUT2D eigenvalue weighted by Crippen LogP contribution is 2.21. The van der Waals surface area contributed by atoms with Crippen LogP contribution in [0.25, 0.3) is 11.0 Å². The highest BCUT2D eigenvalue weighted by atomic mass is 16.6. The van der Waals surface area contributed by atoms with Crippen LogP contribution in [0.15, 0.2) is 48.5 Å². The van der Waals surface area contributed by atoms with Crippen LogP contribution in [-0.2, 0) is 4.74 Å². The summed E-state index contributed by atoms with van der Waals surface area (Å²) in [5.41, 5.74) is 3.35. The molecule has 2 amide bonds. The molecule has 0 aliphatic carbocycles. The zero-order valence-corrected chi connectivity index (χ0v) is 16.6. The number of ether oxygens (including phenoxy) is 1. The Kier molecular flexibility index (Phi) is 4.74. The second-order valence-corrected chi connectivity index (χ2v) is 7.52. The van der Waals surface area contributed by atoms with E-state index < -0.39 is 0 Å². The van der Waals surface area contributed by atoms with E-state index in [-0.39, 0.29) is 12.0 Å². The fraction of sp³-hybridized carbons (Fsp3) is 0.318. The monoisotopic (exact) mass is 405 g/mol. The molecule has 2 aliphatic heterocycles. The van der Waals surface area contributed by atoms with Gasteiger partial charge in [-0.2, -0.15) is 0 Å². The maximum atomic E-state index is 13.0. The Morgan fingerprint density at radius 1 is 0.967 bits per heavy atom. The molecule has 8 heteroatoms. The van der Waals surface area contributed by atoms with Crippen molar-refractivity contribution >= 4 is 34.7 Å². The van der Waals surface area contributed by atoms with Crippen LogP contribution >= 0.6 is 0 Å². The number of nitrogens with one attached hydrogen (secondary N) is 1. The number of para-hydroxylation sites is 2. The lowest BCUT2D eigenvalue weighted by molar-refractivity contribution is 0.0767. The Bertz CT molecular complexity index is 1040. The first-order valence-electron chi connectivity index (χ1n) is 10.2. The Morgan fingerprint density at radius 2 is 1.80 bits per heavy atom. The standard InChI is InChI=1S/C22H23N5O3/c28-20(16-6-8-17(9-7-16)27-14-15-30-22(27)29)25-10-3-11-26(13-12-25)21-23-18-4-1-2-5-19(18)24-21/h1-2,4-9H,3,10-15H2,(H,23,24). The van der Waals surface area contributed by atoms with Crippen LogP contribution in [-0.4, -0.2) is 66.2 Å². The van der Waals surface area contributed by atoms with Gasteiger partial charge in [-0.05, 0) is 42.8 Å². The van der Waals surface area contributed by atoms with Crippen LogP contribution in [0.4, 0.5) is 16.4 Å². The van der Waals surface area contributed by atoms with Crippen molar-refractivity contribution < 1.29 is 14.3 Å². The fourth-order valence-electron chi connectivity index (χ4n) is 4.02. The van der Waals surface area contributed by atoms with E-state index in [9.17, 15) is 9.59 Å². The Labute approximate surface area is 174 Å². The first-order chi connectivity index (χ1) is 14.7. The maximum absolute atomic E-state index is 13.0. The van der Waals surface area contributed by atoms with Crippen molar-refractivity contribution in [1.29, 1.82) is 0 Å². The van der Waals surface area contributed by atoms with Gasteiger partial charge in [0.2, 0.25) is 5.95 Å². The SMILES string of the molecule is O=C(c1ccc(N2CCOC2=O)cc1)N1CCCN(c2nc3ccccc3[nH]2)CC1. The summed E-state index contributed by atoms with van der Waals surface area (Å²) in [6.07, 6.45) is 0.535. The summed E-state index contributed by atoms with van der Waals surface area (Å²) in [6.45, 7) is 3.85. The molecule has 2 saturated heterocycles. The second-order valence-electron chi connectivity index (χ2n) is 7.52. The van der Waals surface area contributed by atoms with E-state index in [0.717, 1.165) is 42.2 Å². The molecule has 2 fully saturated rings. The number of carbonyl (C=O) groups is 2. The van der Waals surface area contributed by atoms with Gasteiger partial charge in [-0.15, -0.1) is 0 Å². The second kappa shape index (κ2) is 7.70. The molecule has 2 aromatic carbocycles. The maximum Gasteiger partial charge on any atom is 0.414 e. The van der Waals surface area contributed by atoms with E-state index in [4.69, 9.17) is 4.74 Å². The molecule has 0 radical (unpaired) electrons. The zero-order chi connectivity index (χ0) is 20.5. The van der Waals surface area contributed by atoms with Gasteiger partial charge < -0.3 is 19.5 Å². The van der Waals surface area contributed by atoms with Crippen LogP contribution < -0.4 is 9.80 Å². The number of H-pyrrole nitrogens is 1. The van der Waals surface area contributed by atoms with E-state index in [1.54, 1.807) is 29.2 Å². The number of fused-ring (bicyclic) bond motifs is 1. The number of hydrogen-bond donors (Lipinski definition) is 1. The predicted molar refractivity (Wildman–Crippen MR) is 114 cm³/mol. The Hall–Kier alpha value is -3.55. The third kappa shape index (κ3) is 3.45. The molecule has 1 N–H and O–H groups in total. The van der Waals surface area contributed by atoms with E-state index in [0.29, 0.717) is 31.8 Å². The molecular formula is C22H23N5O3. The minimum Gasteiger partial charge on any atom is -0.447 e. The largest absolute Gasteiger partial charge is 0.447 e. The van der Waals surface area contributed by atoms with Crippen molar-refractivity contribution in [3.05, 3.63) is 54.1 Å². The molecule has 0 atom stereocenters. The summed E-state index contributed by atoms with van der Waals surface area (Å²) in [5.74, 6) is 0.865. The highest BCUT2D eigenvalue weighted by Gasteiger charge is 2.25. The van der Waals surface area contributed by atoms with Gasteiger partial charge in [-0.1, -0.05) is 12.1 Å². The van der Waals surface area contributed by atoms with E-state index in [1.807, 2.05) is 29.2 Å². The first kappa shape index (κ1) is 18.5. The molecule has 30 heavy (non-hydrogen) atoms. The topological polar surface area (TPSA) is 81.8 Å². The normalized spacial score (nSPS) is 17.3. The number of imidazole rings is 1. The first-order valence-corrected chi connectivity index (χ1v) is 10.2. The van der Waals surface area contributed by atoms with Crippen molar-refractivity contribution in [2.45, 2.75) is 6.42 Å². The van der Waals surface area contributed by atoms with Crippen molar-refractivity contribution in [3.63, 3.8) is 0 Å². The molecule has 0 spiro atoms. The smallest absolute Gasteiger partial charge is 0.414 e. The van der Waals surface area contributed by atoms with E-state index in [1.165, 1.54) is 0 Å². The summed E-state index contributed by atoms with van der Waals surface area (Å²) in [4.78, 5) is 38.4. The lowest BCUT2D eigenvalue weighted by Gasteiger charge is -2.22. The van der Waals surface area contributed by atoms with Crippen molar-refractivity contribution in [1.82, 2.24) is 14.9 Å². The van der Waals surface area contributed by atoms with Gasteiger partial charge in [0.05, 0.1) is 17.6 Å². The van der Waals surface area contributed by atoms with Crippen LogP contribution in [0.1, 0.15) is 16.8 Å². The predicted octanol–water partition coefficient (Wildman–Crippen LogP) is 2.87. The van der Waals surface area contributed by atoms with Crippen LogP contribution in [0.5, 0.6) is 0 Å². The number of benzene rings is 2. The number of aromatic amines is 1. The van der Waals surface area contributed by atoms with Gasteiger partial charge in [0.1, 0.15) is 6.61 Å². The highest BCUT2D eigenvalue weighted by molar-refractivity contribution is 5.95. The Morgan fingerprint density at radius 3 is 2.57 bits per heavy atom. The van der Waals surface area contributed by atoms with Gasteiger partial charge in [0, 0.05) is 37.4 Å². The summed E-state index contributed by atoms with van der Waals surface area (Å²) >= 11 is 0. The van der Waals surface area contributed by atoms with Gasteiger partial charge in [0.15, 0.2) is 0 Å². The third-order valence-electron chi connectivity index (χ3n) is 5.65. The van der Waals surface area contributed by atoms with Gasteiger partial charge in [-0.25, -0.2) is 9.78 Å². The molecule has 2 aliphatic rings. The molecule has 0 bridgehead atoms. The molecule has 154 valence electrons. The summed E-state index contributed by atoms with van der Waals surface area (Å²) in [6, 6.07) is 15.2. The number of amides is 2. The average Bonchev–Trinajstić information content (AvgIpc) is 3.32. The zero-order valence-electron chi connectivity index (χ0n) is 16.6. The fourth-order valence-corrected chi connectivity index (χ4v) is 4.02. The number of hydrogen-bond acceptors (Lipinski definition) is 5. The van der Waals surface area contributed by atoms with E-state index in [2.05, 4.69) is 14.9 Å². The van der Waals surface area contributed by atoms with Gasteiger partial charge >= 0.3 is 6.09 Å². The minimum absolute atomic E-state index is 0.0111. The summed E-state index contributed by atoms with van der Waals surface area (Å²) in [7, 11) is 0. The molecule has 0 unspecified atom stereocenters. The number of carbonyl (C=O) groups excluding carboxylic acids is 2. The summed E-state index contributed by atoms with van der Waals surface area (Å²) in [5, 5.41) is 0. The van der Waals surface area contributed by atoms with Crippen LogP contribution in [0, 0.1) is 0 Å². The van der Waals surface area contributed by atoms with Crippen molar-refractivity contribution in [2.24, 2.45) is 0 Å². The van der Waals surface area contributed by atoms with Crippen LogP contribution in [0.3, 0.4) is 0 Å². The molecule has 0 saturated carbocycles. The number of anilines is 2. The molecule has 1 aromatic heterocycles. The molecule has 8 nitrogen and oxygen atoms in total. The number of rotatable bonds is 3. The lowest BCUT2D eigenvalue weighted by Crippen LogP contribution is -2.35. The lowest BCUT2D eigenvalue weighted by atomic mass is 10.1. The minimum atomic E-state index is -0.340. The molecular weight excluding hydrogens is 382 g/mol.